The molecular weight excluding hydrogens is 380 g/mol. The number of hydrogen-bond donors (Lipinski definition) is 0. The zero-order valence-electron chi connectivity index (χ0n) is 13.6. The molecule has 2 aromatic rings. The van der Waals surface area contributed by atoms with Crippen LogP contribution in [-0.2, 0) is 4.74 Å². The first-order valence-electron chi connectivity index (χ1n) is 7.84. The molecule has 1 heterocycles. The van der Waals surface area contributed by atoms with Gasteiger partial charge in [0.05, 0.1) is 18.2 Å². The topological polar surface area (TPSA) is 73.9 Å². The van der Waals surface area contributed by atoms with Crippen molar-refractivity contribution in [2.24, 2.45) is 5.41 Å². The summed E-state index contributed by atoms with van der Waals surface area (Å²) < 4.78 is 6.93. The van der Waals surface area contributed by atoms with Gasteiger partial charge in [-0.25, -0.2) is 0 Å². The number of fused-ring (bicyclic) bond motifs is 1. The molecule has 124 valence electrons. The highest BCUT2D eigenvalue weighted by Gasteiger charge is 2.45. The number of ketones is 1. The summed E-state index contributed by atoms with van der Waals surface area (Å²) in [6.45, 7) is 1.56. The van der Waals surface area contributed by atoms with Crippen molar-refractivity contribution in [3.8, 4) is 12.1 Å². The van der Waals surface area contributed by atoms with Crippen LogP contribution in [-0.4, -0.2) is 5.78 Å². The fourth-order valence-electron chi connectivity index (χ4n) is 3.02. The zero-order valence-corrected chi connectivity index (χ0v) is 15.2. The number of carbonyl (C=O) groups is 1. The first kappa shape index (κ1) is 17.4. The maximum absolute atomic E-state index is 12.6. The Morgan fingerprint density at radius 2 is 1.72 bits per heavy atom. The minimum Gasteiger partial charge on any atom is -0.362 e. The van der Waals surface area contributed by atoms with E-state index in [1.807, 2.05) is 48.5 Å². The number of nitrogens with zero attached hydrogens (tertiary/aromatic N) is 2. The smallest absolute Gasteiger partial charge is 0.171 e. The Kier molecular flexibility index (Phi) is 4.72. The van der Waals surface area contributed by atoms with Gasteiger partial charge < -0.3 is 4.74 Å². The number of carbonyl (C=O) groups excluding carboxylic acids is 1. The summed E-state index contributed by atoms with van der Waals surface area (Å²) in [5, 5.41) is 18.8. The normalized spacial score (nSPS) is 18.9. The van der Waals surface area contributed by atoms with Gasteiger partial charge in [-0.3, -0.25) is 4.79 Å². The van der Waals surface area contributed by atoms with Crippen molar-refractivity contribution >= 4 is 21.7 Å². The molecule has 0 amide bonds. The van der Waals surface area contributed by atoms with Gasteiger partial charge in [0.25, 0.3) is 0 Å². The van der Waals surface area contributed by atoms with Gasteiger partial charge in [-0.05, 0) is 30.2 Å². The molecule has 25 heavy (non-hydrogen) atoms. The van der Waals surface area contributed by atoms with Gasteiger partial charge in [0, 0.05) is 16.5 Å². The van der Waals surface area contributed by atoms with E-state index in [2.05, 4.69) is 15.9 Å². The lowest BCUT2D eigenvalue weighted by molar-refractivity contribution is -0.0245. The molecule has 0 aromatic heterocycles. The molecule has 1 aliphatic rings. The number of Topliss-reactive ketones (excluding diaryl/α,β-unsaturated/α-hetero) is 1. The van der Waals surface area contributed by atoms with Crippen LogP contribution in [0, 0.1) is 28.1 Å². The average Bonchev–Trinajstić information content (AvgIpc) is 3.01. The molecule has 0 radical (unpaired) electrons. The summed E-state index contributed by atoms with van der Waals surface area (Å²) in [5.41, 5.74) is 0.985. The molecule has 0 bridgehead atoms. The lowest BCUT2D eigenvalue weighted by Crippen LogP contribution is -2.22. The molecule has 4 nitrogen and oxygen atoms in total. The van der Waals surface area contributed by atoms with Gasteiger partial charge in [-0.2, -0.15) is 10.5 Å². The summed E-state index contributed by atoms with van der Waals surface area (Å²) in [6, 6.07) is 18.7. The molecule has 5 heteroatoms. The molecule has 2 atom stereocenters. The Bertz CT molecular complexity index is 879. The van der Waals surface area contributed by atoms with Crippen molar-refractivity contribution in [1.82, 2.24) is 0 Å². The maximum atomic E-state index is 12.6. The number of ether oxygens (including phenoxy) is 1. The van der Waals surface area contributed by atoms with Gasteiger partial charge in [0.1, 0.15) is 6.10 Å². The highest BCUT2D eigenvalue weighted by atomic mass is 79.9. The summed E-state index contributed by atoms with van der Waals surface area (Å²) in [6.07, 6.45) is -0.956. The second-order valence-electron chi connectivity index (χ2n) is 6.19. The molecule has 1 aliphatic heterocycles. The predicted octanol–water partition coefficient (Wildman–Crippen LogP) is 4.89. The zero-order chi connectivity index (χ0) is 18.0. The van der Waals surface area contributed by atoms with Crippen LogP contribution in [0.25, 0.3) is 0 Å². The molecule has 0 N–H and O–H groups in total. The number of nitriles is 2. The third-order valence-electron chi connectivity index (χ3n) is 4.45. The number of hydrogen-bond acceptors (Lipinski definition) is 4. The lowest BCUT2D eigenvalue weighted by Gasteiger charge is -2.22. The number of benzene rings is 2. The van der Waals surface area contributed by atoms with E-state index in [1.165, 1.54) is 0 Å². The molecule has 0 aliphatic carbocycles. The SMILES string of the molecule is CC(C#N)(C#N)[C@@H]1O[C@H](CC(=O)c2ccc(Br)cc2)c2ccccc21. The van der Waals surface area contributed by atoms with Crippen LogP contribution < -0.4 is 0 Å². The lowest BCUT2D eigenvalue weighted by atomic mass is 9.83. The van der Waals surface area contributed by atoms with E-state index in [0.717, 1.165) is 15.6 Å². The first-order valence-corrected chi connectivity index (χ1v) is 8.63. The monoisotopic (exact) mass is 394 g/mol. The standard InChI is InChI=1S/C20H15BrN2O2/c1-20(11-22,12-23)19-16-5-3-2-4-15(16)18(25-19)10-17(24)13-6-8-14(21)9-7-13/h2-9,18-19H,10H2,1H3/t18-,19-/m1/s1. The highest BCUT2D eigenvalue weighted by Crippen LogP contribution is 2.49. The van der Waals surface area contributed by atoms with Crippen molar-refractivity contribution in [2.75, 3.05) is 0 Å². The molecule has 3 rings (SSSR count). The van der Waals surface area contributed by atoms with Crippen LogP contribution in [0.4, 0.5) is 0 Å². The molecule has 0 saturated carbocycles. The second-order valence-corrected chi connectivity index (χ2v) is 7.11. The fourth-order valence-corrected chi connectivity index (χ4v) is 3.29. The first-order chi connectivity index (χ1) is 12.0. The van der Waals surface area contributed by atoms with Crippen LogP contribution in [0.1, 0.15) is 47.0 Å². The second kappa shape index (κ2) is 6.80. The highest BCUT2D eigenvalue weighted by molar-refractivity contribution is 9.10. The molecule has 0 spiro atoms. The molecule has 0 saturated heterocycles. The van der Waals surface area contributed by atoms with Crippen molar-refractivity contribution < 1.29 is 9.53 Å². The Balaban J connectivity index is 1.89. The maximum Gasteiger partial charge on any atom is 0.171 e. The van der Waals surface area contributed by atoms with Crippen molar-refractivity contribution in [3.63, 3.8) is 0 Å². The third kappa shape index (κ3) is 3.22. The van der Waals surface area contributed by atoms with Crippen molar-refractivity contribution in [1.29, 1.82) is 10.5 Å². The number of rotatable bonds is 4. The van der Waals surface area contributed by atoms with E-state index in [-0.39, 0.29) is 12.2 Å². The number of halogens is 1. The van der Waals surface area contributed by atoms with Crippen LogP contribution in [0.15, 0.2) is 53.0 Å². The Morgan fingerprint density at radius 3 is 2.32 bits per heavy atom. The Hall–Kier alpha value is -2.47. The van der Waals surface area contributed by atoms with E-state index in [4.69, 9.17) is 4.74 Å². The van der Waals surface area contributed by atoms with Gasteiger partial charge in [-0.1, -0.05) is 52.3 Å². The van der Waals surface area contributed by atoms with Gasteiger partial charge >= 0.3 is 0 Å². The van der Waals surface area contributed by atoms with Crippen molar-refractivity contribution in [2.45, 2.75) is 25.6 Å². The van der Waals surface area contributed by atoms with E-state index >= 15 is 0 Å². The predicted molar refractivity (Wildman–Crippen MR) is 95.4 cm³/mol. The molecule has 0 unspecified atom stereocenters. The molecule has 2 aromatic carbocycles. The van der Waals surface area contributed by atoms with Crippen LogP contribution in [0.3, 0.4) is 0 Å². The van der Waals surface area contributed by atoms with Gasteiger partial charge in [0.15, 0.2) is 11.2 Å². The fraction of sp³-hybridized carbons (Fsp3) is 0.250. The summed E-state index contributed by atoms with van der Waals surface area (Å²) >= 11 is 3.35. The summed E-state index contributed by atoms with van der Waals surface area (Å²) in [4.78, 5) is 12.6. The Labute approximate surface area is 154 Å². The average molecular weight is 395 g/mol. The van der Waals surface area contributed by atoms with Crippen molar-refractivity contribution in [3.05, 3.63) is 69.7 Å². The van der Waals surface area contributed by atoms with Gasteiger partial charge in [0.2, 0.25) is 0 Å². The third-order valence-corrected chi connectivity index (χ3v) is 4.98. The van der Waals surface area contributed by atoms with Crippen LogP contribution in [0.5, 0.6) is 0 Å². The minimum absolute atomic E-state index is 0.0384. The molecule has 0 fully saturated rings. The van der Waals surface area contributed by atoms with Crippen LogP contribution in [0.2, 0.25) is 0 Å². The summed E-state index contributed by atoms with van der Waals surface area (Å²) in [7, 11) is 0. The van der Waals surface area contributed by atoms with Crippen LogP contribution >= 0.6 is 15.9 Å². The quantitative estimate of drug-likeness (QED) is 0.691. The van der Waals surface area contributed by atoms with E-state index in [0.29, 0.717) is 5.56 Å². The minimum atomic E-state index is -1.30. The largest absolute Gasteiger partial charge is 0.362 e. The van der Waals surface area contributed by atoms with E-state index in [9.17, 15) is 15.3 Å². The van der Waals surface area contributed by atoms with E-state index in [1.54, 1.807) is 19.1 Å². The Morgan fingerprint density at radius 1 is 1.12 bits per heavy atom. The van der Waals surface area contributed by atoms with E-state index < -0.39 is 17.6 Å². The summed E-state index contributed by atoms with van der Waals surface area (Å²) in [5.74, 6) is -0.0384. The molecular formula is C20H15BrN2O2. The van der Waals surface area contributed by atoms with Gasteiger partial charge in [-0.15, -0.1) is 0 Å².